The zero-order valence-electron chi connectivity index (χ0n) is 9.62. The van der Waals surface area contributed by atoms with Crippen LogP contribution in [0.25, 0.3) is 0 Å². The van der Waals surface area contributed by atoms with E-state index in [4.69, 9.17) is 9.84 Å². The maximum atomic E-state index is 14.4. The van der Waals surface area contributed by atoms with Gasteiger partial charge in [-0.25, -0.2) is 13.6 Å². The Kier molecular flexibility index (Phi) is 3.52. The van der Waals surface area contributed by atoms with Crippen LogP contribution in [0.3, 0.4) is 0 Å². The van der Waals surface area contributed by atoms with E-state index in [0.717, 1.165) is 12.3 Å². The Morgan fingerprint density at radius 3 is 2.74 bits per heavy atom. The molecule has 1 saturated heterocycles. The second-order valence-corrected chi connectivity index (χ2v) is 4.23. The third-order valence-electron chi connectivity index (χ3n) is 3.05. The Balaban J connectivity index is 2.48. The van der Waals surface area contributed by atoms with Crippen LogP contribution in [0.15, 0.2) is 21.9 Å². The number of aliphatic hydroxyl groups is 2. The fourth-order valence-electron chi connectivity index (χ4n) is 2.00. The van der Waals surface area contributed by atoms with Crippen LogP contribution in [-0.4, -0.2) is 50.9 Å². The van der Waals surface area contributed by atoms with E-state index >= 15 is 0 Å². The molecule has 0 aliphatic carbocycles. The first-order chi connectivity index (χ1) is 8.93. The van der Waals surface area contributed by atoms with Gasteiger partial charge in [-0.2, -0.15) is 0 Å². The highest BCUT2D eigenvalue weighted by atomic mass is 19.2. The minimum atomic E-state index is -2.88. The number of ether oxygens (including phenoxy) is 1. The SMILES string of the molecule is O=c1ccn([C@@H]2O[C@H](CO)[C@@H](O)[C@]2(F)CF)c(=O)[nH]1. The van der Waals surface area contributed by atoms with Crippen LogP contribution in [0.5, 0.6) is 0 Å². The third-order valence-corrected chi connectivity index (χ3v) is 3.05. The van der Waals surface area contributed by atoms with Crippen molar-refractivity contribution in [2.24, 2.45) is 0 Å². The van der Waals surface area contributed by atoms with Crippen LogP contribution < -0.4 is 11.2 Å². The van der Waals surface area contributed by atoms with Gasteiger partial charge in [-0.3, -0.25) is 14.3 Å². The molecule has 1 aromatic rings. The molecule has 0 radical (unpaired) electrons. The lowest BCUT2D eigenvalue weighted by Crippen LogP contribution is -2.47. The summed E-state index contributed by atoms with van der Waals surface area (Å²) < 4.78 is 32.9. The molecule has 0 amide bonds. The Labute approximate surface area is 105 Å². The maximum absolute atomic E-state index is 14.4. The Bertz CT molecular complexity index is 574. The topological polar surface area (TPSA) is 105 Å². The van der Waals surface area contributed by atoms with Crippen molar-refractivity contribution in [3.63, 3.8) is 0 Å². The third kappa shape index (κ3) is 2.09. The zero-order valence-corrected chi connectivity index (χ0v) is 9.62. The van der Waals surface area contributed by atoms with Crippen molar-refractivity contribution < 1.29 is 23.7 Å². The Morgan fingerprint density at radius 2 is 2.21 bits per heavy atom. The van der Waals surface area contributed by atoms with Gasteiger partial charge in [-0.05, 0) is 0 Å². The van der Waals surface area contributed by atoms with Gasteiger partial charge in [-0.15, -0.1) is 0 Å². The highest BCUT2D eigenvalue weighted by Crippen LogP contribution is 2.41. The molecule has 1 aliphatic rings. The first-order valence-electron chi connectivity index (χ1n) is 5.44. The van der Waals surface area contributed by atoms with Crippen LogP contribution in [0.2, 0.25) is 0 Å². The van der Waals surface area contributed by atoms with Crippen molar-refractivity contribution in [3.05, 3.63) is 33.1 Å². The van der Waals surface area contributed by atoms with Gasteiger partial charge < -0.3 is 14.9 Å². The van der Waals surface area contributed by atoms with Gasteiger partial charge in [0.2, 0.25) is 5.67 Å². The normalized spacial score (nSPS) is 34.6. The molecule has 1 aliphatic heterocycles. The summed E-state index contributed by atoms with van der Waals surface area (Å²) in [6.07, 6.45) is -4.12. The number of halogens is 2. The van der Waals surface area contributed by atoms with Crippen LogP contribution >= 0.6 is 0 Å². The summed E-state index contributed by atoms with van der Waals surface area (Å²) >= 11 is 0. The van der Waals surface area contributed by atoms with Crippen molar-refractivity contribution in [1.29, 1.82) is 0 Å². The number of aliphatic hydroxyl groups excluding tert-OH is 2. The number of hydrogen-bond acceptors (Lipinski definition) is 5. The zero-order chi connectivity index (χ0) is 14.2. The lowest BCUT2D eigenvalue weighted by Gasteiger charge is -2.25. The van der Waals surface area contributed by atoms with E-state index in [1.807, 2.05) is 4.98 Å². The van der Waals surface area contributed by atoms with Crippen molar-refractivity contribution in [2.45, 2.75) is 24.1 Å². The largest absolute Gasteiger partial charge is 0.394 e. The fourth-order valence-corrected chi connectivity index (χ4v) is 2.00. The molecular formula is C10H12F2N2O5. The summed E-state index contributed by atoms with van der Waals surface area (Å²) in [6, 6.07) is 0.933. The summed E-state index contributed by atoms with van der Waals surface area (Å²) in [6.45, 7) is -2.34. The van der Waals surface area contributed by atoms with E-state index in [-0.39, 0.29) is 0 Å². The van der Waals surface area contributed by atoms with Gasteiger partial charge in [0.1, 0.15) is 18.9 Å². The molecule has 2 heterocycles. The monoisotopic (exact) mass is 278 g/mol. The fraction of sp³-hybridized carbons (Fsp3) is 0.600. The molecule has 7 nitrogen and oxygen atoms in total. The molecule has 19 heavy (non-hydrogen) atoms. The van der Waals surface area contributed by atoms with E-state index in [9.17, 15) is 23.5 Å². The number of alkyl halides is 2. The lowest BCUT2D eigenvalue weighted by atomic mass is 9.97. The predicted molar refractivity (Wildman–Crippen MR) is 58.1 cm³/mol. The van der Waals surface area contributed by atoms with Crippen LogP contribution in [-0.2, 0) is 4.74 Å². The minimum Gasteiger partial charge on any atom is -0.394 e. The summed E-state index contributed by atoms with van der Waals surface area (Å²) in [4.78, 5) is 24.3. The van der Waals surface area contributed by atoms with E-state index in [1.165, 1.54) is 0 Å². The maximum Gasteiger partial charge on any atom is 0.330 e. The van der Waals surface area contributed by atoms with Gasteiger partial charge >= 0.3 is 5.69 Å². The second-order valence-electron chi connectivity index (χ2n) is 4.23. The average molecular weight is 278 g/mol. The molecule has 9 heteroatoms. The molecule has 2 rings (SSSR count). The number of hydrogen-bond donors (Lipinski definition) is 3. The first-order valence-corrected chi connectivity index (χ1v) is 5.44. The first kappa shape index (κ1) is 13.8. The van der Waals surface area contributed by atoms with Crippen molar-refractivity contribution in [1.82, 2.24) is 9.55 Å². The summed E-state index contributed by atoms with van der Waals surface area (Å²) in [7, 11) is 0. The van der Waals surface area contributed by atoms with Gasteiger partial charge in [0.25, 0.3) is 5.56 Å². The van der Waals surface area contributed by atoms with Crippen LogP contribution in [0, 0.1) is 0 Å². The number of rotatable bonds is 3. The van der Waals surface area contributed by atoms with Crippen molar-refractivity contribution in [3.8, 4) is 0 Å². The van der Waals surface area contributed by atoms with Crippen LogP contribution in [0.1, 0.15) is 6.23 Å². The highest BCUT2D eigenvalue weighted by molar-refractivity contribution is 5.03. The van der Waals surface area contributed by atoms with Gasteiger partial charge in [0.15, 0.2) is 6.23 Å². The summed E-state index contributed by atoms with van der Waals surface area (Å²) in [5.41, 5.74) is -4.59. The number of aromatic nitrogens is 2. The molecule has 1 aromatic heterocycles. The van der Waals surface area contributed by atoms with Crippen LogP contribution in [0.4, 0.5) is 8.78 Å². The van der Waals surface area contributed by atoms with Gasteiger partial charge in [-0.1, -0.05) is 0 Å². The van der Waals surface area contributed by atoms with Crippen molar-refractivity contribution in [2.75, 3.05) is 13.3 Å². The van der Waals surface area contributed by atoms with Gasteiger partial charge in [0, 0.05) is 12.3 Å². The Hall–Kier alpha value is -1.58. The second kappa shape index (κ2) is 4.83. The van der Waals surface area contributed by atoms with Crippen molar-refractivity contribution >= 4 is 0 Å². The summed E-state index contributed by atoms with van der Waals surface area (Å²) in [5.74, 6) is 0. The molecule has 0 unspecified atom stereocenters. The Morgan fingerprint density at radius 1 is 1.53 bits per heavy atom. The minimum absolute atomic E-state index is 0.625. The highest BCUT2D eigenvalue weighted by Gasteiger charge is 2.58. The standard InChI is InChI=1S/C10H12F2N2O5/c11-4-10(12)7(17)5(3-15)19-8(10)14-2-1-6(16)13-9(14)18/h1-2,5,7-8,15,17H,3-4H2,(H,13,16,18)/t5-,7-,8-,10-/m1/s1. The molecule has 106 valence electrons. The van der Waals surface area contributed by atoms with E-state index in [0.29, 0.717) is 4.57 Å². The molecule has 3 N–H and O–H groups in total. The molecule has 0 aromatic carbocycles. The predicted octanol–water partition coefficient (Wildman–Crippen LogP) is -1.53. The number of nitrogens with one attached hydrogen (secondary N) is 1. The average Bonchev–Trinajstić information content (AvgIpc) is 2.63. The van der Waals surface area contributed by atoms with E-state index < -0.39 is 48.6 Å². The number of H-pyrrole nitrogens is 1. The summed E-state index contributed by atoms with van der Waals surface area (Å²) in [5, 5.41) is 18.5. The molecule has 4 atom stereocenters. The molecule has 1 fully saturated rings. The number of nitrogens with zero attached hydrogens (tertiary/aromatic N) is 1. The molecular weight excluding hydrogens is 266 g/mol. The number of aromatic amines is 1. The molecule has 0 spiro atoms. The van der Waals surface area contributed by atoms with E-state index in [2.05, 4.69) is 0 Å². The molecule has 0 saturated carbocycles. The lowest BCUT2D eigenvalue weighted by molar-refractivity contribution is -0.0734. The molecule has 0 bridgehead atoms. The van der Waals surface area contributed by atoms with E-state index in [1.54, 1.807) is 0 Å². The smallest absolute Gasteiger partial charge is 0.330 e. The van der Waals surface area contributed by atoms with Gasteiger partial charge in [0.05, 0.1) is 6.61 Å². The quantitative estimate of drug-likeness (QED) is 0.622.